The summed E-state index contributed by atoms with van der Waals surface area (Å²) in [4.78, 5) is 4.11. The Morgan fingerprint density at radius 1 is 1.46 bits per heavy atom. The number of rotatable bonds is 2. The summed E-state index contributed by atoms with van der Waals surface area (Å²) in [6, 6.07) is 0. The number of aryl methyl sites for hydroxylation is 1. The molecular formula is C7H7N3O2S. The van der Waals surface area contributed by atoms with Gasteiger partial charge in [-0.3, -0.25) is 0 Å². The maximum absolute atomic E-state index is 5.19. The van der Waals surface area contributed by atoms with Gasteiger partial charge in [-0.1, -0.05) is 11.3 Å². The van der Waals surface area contributed by atoms with Gasteiger partial charge >= 0.3 is 0 Å². The van der Waals surface area contributed by atoms with Crippen LogP contribution in [-0.2, 0) is 0 Å². The van der Waals surface area contributed by atoms with E-state index in [4.69, 9.17) is 9.15 Å². The lowest BCUT2D eigenvalue weighted by atomic mass is 10.5. The van der Waals surface area contributed by atoms with Gasteiger partial charge in [-0.05, 0) is 0 Å². The quantitative estimate of drug-likeness (QED) is 0.730. The molecule has 0 fully saturated rings. The molecule has 68 valence electrons. The first-order chi connectivity index (χ1) is 6.29. The van der Waals surface area contributed by atoms with Gasteiger partial charge in [0, 0.05) is 12.3 Å². The van der Waals surface area contributed by atoms with Crippen molar-refractivity contribution in [1.82, 2.24) is 15.2 Å². The molecular weight excluding hydrogens is 190 g/mol. The molecule has 0 saturated carbocycles. The molecule has 2 heterocycles. The molecule has 5 nitrogen and oxygen atoms in total. The van der Waals surface area contributed by atoms with Gasteiger partial charge in [-0.15, -0.1) is 10.2 Å². The van der Waals surface area contributed by atoms with Gasteiger partial charge < -0.3 is 9.15 Å². The van der Waals surface area contributed by atoms with E-state index in [1.165, 1.54) is 11.3 Å². The van der Waals surface area contributed by atoms with Crippen LogP contribution in [0.15, 0.2) is 9.80 Å². The molecule has 2 rings (SSSR count). The topological polar surface area (TPSA) is 61.0 Å². The number of thiazole rings is 1. The monoisotopic (exact) mass is 197 g/mol. The lowest BCUT2D eigenvalue weighted by Crippen LogP contribution is -1.81. The van der Waals surface area contributed by atoms with E-state index in [1.54, 1.807) is 14.0 Å². The van der Waals surface area contributed by atoms with Crippen molar-refractivity contribution in [1.29, 1.82) is 0 Å². The highest BCUT2D eigenvalue weighted by molar-refractivity contribution is 7.11. The molecule has 0 aromatic carbocycles. The zero-order chi connectivity index (χ0) is 9.26. The van der Waals surface area contributed by atoms with Crippen molar-refractivity contribution in [2.24, 2.45) is 0 Å². The molecule has 0 bridgehead atoms. The predicted molar refractivity (Wildman–Crippen MR) is 46.7 cm³/mol. The van der Waals surface area contributed by atoms with E-state index in [0.717, 1.165) is 0 Å². The second kappa shape index (κ2) is 3.14. The van der Waals surface area contributed by atoms with Crippen molar-refractivity contribution in [2.75, 3.05) is 7.11 Å². The third kappa shape index (κ3) is 1.52. The maximum atomic E-state index is 5.19. The van der Waals surface area contributed by atoms with Crippen molar-refractivity contribution < 1.29 is 9.15 Å². The molecule has 0 amide bonds. The molecule has 0 saturated heterocycles. The minimum Gasteiger partial charge on any atom is -0.473 e. The number of hydrogen-bond acceptors (Lipinski definition) is 6. The molecule has 2 aromatic heterocycles. The fourth-order valence-corrected chi connectivity index (χ4v) is 1.46. The molecule has 0 spiro atoms. The first kappa shape index (κ1) is 8.18. The van der Waals surface area contributed by atoms with Crippen LogP contribution < -0.4 is 4.74 Å². The van der Waals surface area contributed by atoms with Crippen LogP contribution in [0.2, 0.25) is 0 Å². The number of methoxy groups -OCH3 is 1. The van der Waals surface area contributed by atoms with Gasteiger partial charge in [0.2, 0.25) is 5.89 Å². The summed E-state index contributed by atoms with van der Waals surface area (Å²) in [5.41, 5.74) is 0.655. The number of hydrogen-bond donors (Lipinski definition) is 0. The second-order valence-corrected chi connectivity index (χ2v) is 3.15. The Kier molecular flexibility index (Phi) is 1.97. The minimum absolute atomic E-state index is 0.428. The average Bonchev–Trinajstić information content (AvgIpc) is 2.71. The van der Waals surface area contributed by atoms with Crippen molar-refractivity contribution >= 4 is 11.3 Å². The van der Waals surface area contributed by atoms with Crippen molar-refractivity contribution in [3.63, 3.8) is 0 Å². The van der Waals surface area contributed by atoms with Crippen LogP contribution in [0, 0.1) is 6.92 Å². The van der Waals surface area contributed by atoms with Crippen molar-refractivity contribution in [3.8, 4) is 16.8 Å². The van der Waals surface area contributed by atoms with Crippen LogP contribution in [0.25, 0.3) is 11.6 Å². The van der Waals surface area contributed by atoms with Crippen LogP contribution in [0.5, 0.6) is 5.19 Å². The summed E-state index contributed by atoms with van der Waals surface area (Å²) >= 11 is 1.39. The smallest absolute Gasteiger partial charge is 0.273 e. The SMILES string of the molecule is COc1nc(-c2nnc(C)o2)cs1. The highest BCUT2D eigenvalue weighted by Crippen LogP contribution is 2.24. The summed E-state index contributed by atoms with van der Waals surface area (Å²) < 4.78 is 10.1. The van der Waals surface area contributed by atoms with Crippen LogP contribution in [0.1, 0.15) is 5.89 Å². The van der Waals surface area contributed by atoms with Gasteiger partial charge in [-0.2, -0.15) is 4.98 Å². The number of ether oxygens (including phenoxy) is 1. The van der Waals surface area contributed by atoms with Gasteiger partial charge in [0.15, 0.2) is 0 Å². The fraction of sp³-hybridized carbons (Fsp3) is 0.286. The van der Waals surface area contributed by atoms with Crippen LogP contribution in [0.4, 0.5) is 0 Å². The molecule has 0 aliphatic carbocycles. The average molecular weight is 197 g/mol. The van der Waals surface area contributed by atoms with Gasteiger partial charge in [-0.25, -0.2) is 0 Å². The van der Waals surface area contributed by atoms with Crippen molar-refractivity contribution in [3.05, 3.63) is 11.3 Å². The third-order valence-corrected chi connectivity index (χ3v) is 2.20. The Morgan fingerprint density at radius 2 is 2.31 bits per heavy atom. The Labute approximate surface area is 78.4 Å². The summed E-state index contributed by atoms with van der Waals surface area (Å²) in [6.07, 6.45) is 0. The molecule has 6 heteroatoms. The zero-order valence-electron chi connectivity index (χ0n) is 7.14. The van der Waals surface area contributed by atoms with E-state index in [-0.39, 0.29) is 0 Å². The van der Waals surface area contributed by atoms with Gasteiger partial charge in [0.05, 0.1) is 7.11 Å². The summed E-state index contributed by atoms with van der Waals surface area (Å²) in [7, 11) is 1.57. The second-order valence-electron chi connectivity index (χ2n) is 2.33. The predicted octanol–water partition coefficient (Wildman–Crippen LogP) is 1.51. The zero-order valence-corrected chi connectivity index (χ0v) is 7.96. The summed E-state index contributed by atoms with van der Waals surface area (Å²) in [5.74, 6) is 0.957. The van der Waals surface area contributed by atoms with Crippen LogP contribution in [0.3, 0.4) is 0 Å². The molecule has 13 heavy (non-hydrogen) atoms. The third-order valence-electron chi connectivity index (χ3n) is 1.40. The van der Waals surface area contributed by atoms with E-state index in [2.05, 4.69) is 15.2 Å². The molecule has 0 N–H and O–H groups in total. The molecule has 0 atom stereocenters. The lowest BCUT2D eigenvalue weighted by Gasteiger charge is -1.87. The van der Waals surface area contributed by atoms with Crippen LogP contribution in [-0.4, -0.2) is 22.3 Å². The first-order valence-electron chi connectivity index (χ1n) is 3.59. The maximum Gasteiger partial charge on any atom is 0.273 e. The van der Waals surface area contributed by atoms with Crippen LogP contribution >= 0.6 is 11.3 Å². The number of aromatic nitrogens is 3. The Balaban J connectivity index is 2.35. The van der Waals surface area contributed by atoms with E-state index >= 15 is 0 Å². The van der Waals surface area contributed by atoms with E-state index < -0.39 is 0 Å². The lowest BCUT2D eigenvalue weighted by molar-refractivity contribution is 0.411. The van der Waals surface area contributed by atoms with E-state index in [0.29, 0.717) is 22.7 Å². The summed E-state index contributed by atoms with van der Waals surface area (Å²) in [6.45, 7) is 1.74. The molecule has 0 unspecified atom stereocenters. The largest absolute Gasteiger partial charge is 0.473 e. The van der Waals surface area contributed by atoms with Crippen molar-refractivity contribution in [2.45, 2.75) is 6.92 Å². The van der Waals surface area contributed by atoms with Gasteiger partial charge in [0.25, 0.3) is 11.1 Å². The first-order valence-corrected chi connectivity index (χ1v) is 4.47. The van der Waals surface area contributed by atoms with E-state index in [9.17, 15) is 0 Å². The molecule has 0 aliphatic heterocycles. The Morgan fingerprint density at radius 3 is 2.85 bits per heavy atom. The molecule has 0 aliphatic rings. The normalized spacial score (nSPS) is 10.3. The highest BCUT2D eigenvalue weighted by Gasteiger charge is 2.10. The summed E-state index contributed by atoms with van der Waals surface area (Å²) in [5, 5.41) is 9.94. The highest BCUT2D eigenvalue weighted by atomic mass is 32.1. The fourth-order valence-electron chi connectivity index (χ4n) is 0.849. The van der Waals surface area contributed by atoms with Gasteiger partial charge in [0.1, 0.15) is 5.69 Å². The standard InChI is InChI=1S/C7H7N3O2S/c1-4-9-10-6(12-4)5-3-13-7(8-5)11-2/h3H,1-2H3. The Hall–Kier alpha value is -1.43. The minimum atomic E-state index is 0.428. The molecule has 2 aromatic rings. The number of nitrogens with zero attached hydrogens (tertiary/aromatic N) is 3. The molecule has 0 radical (unpaired) electrons. The Bertz CT molecular complexity index is 409. The van der Waals surface area contributed by atoms with E-state index in [1.807, 2.05) is 5.38 Å².